The summed E-state index contributed by atoms with van der Waals surface area (Å²) in [6.45, 7) is 2.25. The maximum absolute atomic E-state index is 5.61. The van der Waals surface area contributed by atoms with Crippen LogP contribution in [-0.4, -0.2) is 21.3 Å². The summed E-state index contributed by atoms with van der Waals surface area (Å²) in [6.07, 6.45) is 9.79. The number of allylic oxidation sites excluding steroid dienone is 2. The Morgan fingerprint density at radius 2 is 1.73 bits per heavy atom. The molecule has 0 N–H and O–H groups in total. The summed E-state index contributed by atoms with van der Waals surface area (Å²) < 4.78 is 16.6. The molecule has 0 amide bonds. The minimum Gasteiger partial charge on any atom is -0.496 e. The van der Waals surface area contributed by atoms with Gasteiger partial charge in [-0.05, 0) is 32.1 Å². The van der Waals surface area contributed by atoms with Gasteiger partial charge in [-0.2, -0.15) is 0 Å². The fraction of sp³-hybridized carbons (Fsp3) is 0.579. The van der Waals surface area contributed by atoms with Crippen LogP contribution in [0.15, 0.2) is 23.8 Å². The first-order valence-corrected chi connectivity index (χ1v) is 8.22. The van der Waals surface area contributed by atoms with Crippen LogP contribution in [0, 0.1) is 0 Å². The minimum atomic E-state index is 0.372. The summed E-state index contributed by atoms with van der Waals surface area (Å²) in [5, 5.41) is 0. The molecule has 0 heterocycles. The average molecular weight is 304 g/mol. The highest BCUT2D eigenvalue weighted by Crippen LogP contribution is 2.44. The summed E-state index contributed by atoms with van der Waals surface area (Å²) in [4.78, 5) is 0. The van der Waals surface area contributed by atoms with Gasteiger partial charge in [-0.1, -0.05) is 25.0 Å². The Kier molecular flexibility index (Phi) is 6.17. The predicted molar refractivity (Wildman–Crippen MR) is 90.3 cm³/mol. The molecule has 22 heavy (non-hydrogen) atoms. The maximum atomic E-state index is 5.61. The Morgan fingerprint density at radius 3 is 2.27 bits per heavy atom. The van der Waals surface area contributed by atoms with Crippen molar-refractivity contribution in [2.24, 2.45) is 0 Å². The molecule has 1 atom stereocenters. The molecule has 0 fully saturated rings. The van der Waals surface area contributed by atoms with E-state index in [1.54, 1.807) is 26.9 Å². The van der Waals surface area contributed by atoms with Crippen LogP contribution in [0.3, 0.4) is 0 Å². The van der Waals surface area contributed by atoms with E-state index < -0.39 is 0 Å². The summed E-state index contributed by atoms with van der Waals surface area (Å²) in [6, 6.07) is 3.90. The Labute approximate surface area is 134 Å². The van der Waals surface area contributed by atoms with E-state index in [1.165, 1.54) is 32.1 Å². The first kappa shape index (κ1) is 16.7. The largest absolute Gasteiger partial charge is 0.496 e. The van der Waals surface area contributed by atoms with E-state index in [0.29, 0.717) is 5.92 Å². The smallest absolute Gasteiger partial charge is 0.130 e. The van der Waals surface area contributed by atoms with Crippen LogP contribution in [-0.2, 0) is 0 Å². The Balaban J connectivity index is 2.37. The average Bonchev–Trinajstić information content (AvgIpc) is 2.58. The molecule has 0 aliphatic heterocycles. The Morgan fingerprint density at radius 1 is 1.05 bits per heavy atom. The molecule has 1 unspecified atom stereocenters. The highest BCUT2D eigenvalue weighted by Gasteiger charge is 2.23. The van der Waals surface area contributed by atoms with Crippen molar-refractivity contribution in [3.8, 4) is 17.2 Å². The molecule has 2 rings (SSSR count). The lowest BCUT2D eigenvalue weighted by molar-refractivity contribution is 0.364. The molecule has 1 aliphatic carbocycles. The maximum Gasteiger partial charge on any atom is 0.130 e. The standard InChI is InChI=1S/C19H28O3/c1-5-6-8-14-9-7-10-15(11-14)19-17(21-3)12-16(20-2)13-18(19)22-4/h11-13,15H,5-10H2,1-4H3. The third-order valence-corrected chi connectivity index (χ3v) is 4.43. The second kappa shape index (κ2) is 8.11. The van der Waals surface area contributed by atoms with Crippen LogP contribution >= 0.6 is 0 Å². The molecule has 0 aromatic heterocycles. The van der Waals surface area contributed by atoms with Crippen molar-refractivity contribution < 1.29 is 14.2 Å². The molecule has 0 bridgehead atoms. The van der Waals surface area contributed by atoms with E-state index in [-0.39, 0.29) is 0 Å². The number of benzene rings is 1. The van der Waals surface area contributed by atoms with Crippen molar-refractivity contribution in [1.82, 2.24) is 0 Å². The predicted octanol–water partition coefficient (Wildman–Crippen LogP) is 5.10. The lowest BCUT2D eigenvalue weighted by atomic mass is 9.83. The Bertz CT molecular complexity index is 494. The van der Waals surface area contributed by atoms with Crippen LogP contribution < -0.4 is 14.2 Å². The zero-order valence-electron chi connectivity index (χ0n) is 14.3. The van der Waals surface area contributed by atoms with Crippen molar-refractivity contribution in [2.75, 3.05) is 21.3 Å². The van der Waals surface area contributed by atoms with Gasteiger partial charge >= 0.3 is 0 Å². The zero-order chi connectivity index (χ0) is 15.9. The summed E-state index contributed by atoms with van der Waals surface area (Å²) in [5.41, 5.74) is 2.73. The third kappa shape index (κ3) is 3.76. The minimum absolute atomic E-state index is 0.372. The molecule has 1 aliphatic rings. The molecular weight excluding hydrogens is 276 g/mol. The van der Waals surface area contributed by atoms with Gasteiger partial charge in [0.25, 0.3) is 0 Å². The molecule has 3 nitrogen and oxygen atoms in total. The van der Waals surface area contributed by atoms with Crippen LogP contribution in [0.2, 0.25) is 0 Å². The molecule has 1 aromatic rings. The second-order valence-corrected chi connectivity index (χ2v) is 5.87. The molecule has 122 valence electrons. The van der Waals surface area contributed by atoms with E-state index in [2.05, 4.69) is 13.0 Å². The van der Waals surface area contributed by atoms with Crippen molar-refractivity contribution in [2.45, 2.75) is 51.4 Å². The van der Waals surface area contributed by atoms with Crippen LogP contribution in [0.4, 0.5) is 0 Å². The molecular formula is C19H28O3. The summed E-state index contributed by atoms with van der Waals surface area (Å²) in [5.74, 6) is 2.85. The van der Waals surface area contributed by atoms with Gasteiger partial charge in [-0.3, -0.25) is 0 Å². The van der Waals surface area contributed by atoms with Gasteiger partial charge in [0.1, 0.15) is 17.2 Å². The van der Waals surface area contributed by atoms with Crippen LogP contribution in [0.1, 0.15) is 56.9 Å². The van der Waals surface area contributed by atoms with Crippen LogP contribution in [0.5, 0.6) is 17.2 Å². The van der Waals surface area contributed by atoms with Crippen molar-refractivity contribution in [3.63, 3.8) is 0 Å². The van der Waals surface area contributed by atoms with Crippen molar-refractivity contribution in [3.05, 3.63) is 29.3 Å². The van der Waals surface area contributed by atoms with E-state index in [0.717, 1.165) is 29.2 Å². The topological polar surface area (TPSA) is 27.7 Å². The van der Waals surface area contributed by atoms with E-state index in [1.807, 2.05) is 12.1 Å². The normalized spacial score (nSPS) is 17.8. The first-order valence-electron chi connectivity index (χ1n) is 8.22. The lowest BCUT2D eigenvalue weighted by Gasteiger charge is -2.25. The highest BCUT2D eigenvalue weighted by atomic mass is 16.5. The quantitative estimate of drug-likeness (QED) is 0.656. The van der Waals surface area contributed by atoms with E-state index in [4.69, 9.17) is 14.2 Å². The first-order chi connectivity index (χ1) is 10.7. The monoisotopic (exact) mass is 304 g/mol. The second-order valence-electron chi connectivity index (χ2n) is 5.87. The summed E-state index contributed by atoms with van der Waals surface area (Å²) in [7, 11) is 5.09. The van der Waals surface area contributed by atoms with Gasteiger partial charge in [0, 0.05) is 23.6 Å². The van der Waals surface area contributed by atoms with E-state index >= 15 is 0 Å². The SMILES string of the molecule is CCCCC1=CC(c2c(OC)cc(OC)cc2OC)CCC1. The van der Waals surface area contributed by atoms with E-state index in [9.17, 15) is 0 Å². The fourth-order valence-electron chi connectivity index (χ4n) is 3.24. The number of ether oxygens (including phenoxy) is 3. The van der Waals surface area contributed by atoms with Gasteiger partial charge in [-0.25, -0.2) is 0 Å². The Hall–Kier alpha value is -1.64. The summed E-state index contributed by atoms with van der Waals surface area (Å²) >= 11 is 0. The van der Waals surface area contributed by atoms with Gasteiger partial charge in [0.2, 0.25) is 0 Å². The number of rotatable bonds is 7. The molecule has 1 aromatic carbocycles. The third-order valence-electron chi connectivity index (χ3n) is 4.43. The van der Waals surface area contributed by atoms with Gasteiger partial charge in [0.15, 0.2) is 0 Å². The number of methoxy groups -OCH3 is 3. The number of unbranched alkanes of at least 4 members (excludes halogenated alkanes) is 1. The number of hydrogen-bond donors (Lipinski definition) is 0. The van der Waals surface area contributed by atoms with Gasteiger partial charge < -0.3 is 14.2 Å². The number of hydrogen-bond acceptors (Lipinski definition) is 3. The molecule has 3 heteroatoms. The van der Waals surface area contributed by atoms with Gasteiger partial charge in [0.05, 0.1) is 21.3 Å². The van der Waals surface area contributed by atoms with Crippen molar-refractivity contribution >= 4 is 0 Å². The van der Waals surface area contributed by atoms with Gasteiger partial charge in [-0.15, -0.1) is 0 Å². The lowest BCUT2D eigenvalue weighted by Crippen LogP contribution is -2.07. The zero-order valence-corrected chi connectivity index (χ0v) is 14.3. The van der Waals surface area contributed by atoms with Crippen molar-refractivity contribution in [1.29, 1.82) is 0 Å². The molecule has 0 saturated heterocycles. The molecule has 0 saturated carbocycles. The fourth-order valence-corrected chi connectivity index (χ4v) is 3.24. The van der Waals surface area contributed by atoms with Crippen LogP contribution in [0.25, 0.3) is 0 Å². The molecule has 0 radical (unpaired) electrons. The molecule has 0 spiro atoms. The highest BCUT2D eigenvalue weighted by molar-refractivity contribution is 5.54.